The van der Waals surface area contributed by atoms with Gasteiger partial charge in [0.25, 0.3) is 11.6 Å². The Kier molecular flexibility index (Phi) is 4.22. The molecule has 2 rings (SSSR count). The predicted octanol–water partition coefficient (Wildman–Crippen LogP) is 1.82. The minimum Gasteiger partial charge on any atom is -0.374 e. The first-order valence-corrected chi connectivity index (χ1v) is 6.56. The van der Waals surface area contributed by atoms with Gasteiger partial charge in [0, 0.05) is 11.6 Å². The molecule has 22 heavy (non-hydrogen) atoms. The minimum atomic E-state index is -0.929. The third-order valence-electron chi connectivity index (χ3n) is 2.98. The highest BCUT2D eigenvalue weighted by atomic mass is 32.1. The van der Waals surface area contributed by atoms with Crippen molar-refractivity contribution < 1.29 is 9.72 Å². The summed E-state index contributed by atoms with van der Waals surface area (Å²) in [5.41, 5.74) is 6.48. The quantitative estimate of drug-likeness (QED) is 0.393. The molecule has 0 unspecified atom stereocenters. The number of nitrogens with two attached hydrogens (primary N) is 1. The number of nitro groups is 1. The van der Waals surface area contributed by atoms with Crippen LogP contribution in [-0.2, 0) is 4.79 Å². The molecule has 0 fully saturated rings. The van der Waals surface area contributed by atoms with Gasteiger partial charge >= 0.3 is 0 Å². The number of rotatable bonds is 3. The number of carbonyl (C=O) groups excluding carboxylic acids is 1. The molecule has 10 heteroatoms. The van der Waals surface area contributed by atoms with Gasteiger partial charge in [0.1, 0.15) is 0 Å². The fraction of sp³-hybridized carbons (Fsp3) is 0.250. The van der Waals surface area contributed by atoms with Crippen molar-refractivity contribution in [3.8, 4) is 0 Å². The molecule has 0 radical (unpaired) electrons. The average molecular weight is 320 g/mol. The van der Waals surface area contributed by atoms with Crippen LogP contribution in [0.4, 0.5) is 11.4 Å². The SMILES string of the molecule is CC1=NN(C(N)=S)C(=O)[C@H]1N=Nc1ccc(C)c([N+](=O)[O-])c1. The Morgan fingerprint density at radius 2 is 2.18 bits per heavy atom. The lowest BCUT2D eigenvalue weighted by Crippen LogP contribution is -2.37. The van der Waals surface area contributed by atoms with E-state index in [9.17, 15) is 14.9 Å². The molecule has 0 spiro atoms. The summed E-state index contributed by atoms with van der Waals surface area (Å²) in [5, 5.41) is 23.2. The van der Waals surface area contributed by atoms with E-state index < -0.39 is 16.9 Å². The lowest BCUT2D eigenvalue weighted by atomic mass is 10.2. The van der Waals surface area contributed by atoms with Crippen LogP contribution in [-0.4, -0.2) is 32.7 Å². The Labute approximate surface area is 130 Å². The maximum atomic E-state index is 12.0. The van der Waals surface area contributed by atoms with Gasteiger partial charge in [-0.15, -0.1) is 0 Å². The normalized spacial score (nSPS) is 17.9. The molecular weight excluding hydrogens is 308 g/mol. The molecule has 1 atom stereocenters. The summed E-state index contributed by atoms with van der Waals surface area (Å²) in [6.07, 6.45) is 0. The number of nitro benzene ring substituents is 1. The van der Waals surface area contributed by atoms with Crippen molar-refractivity contribution in [3.05, 3.63) is 33.9 Å². The van der Waals surface area contributed by atoms with E-state index in [1.54, 1.807) is 26.0 Å². The fourth-order valence-corrected chi connectivity index (χ4v) is 1.96. The van der Waals surface area contributed by atoms with Crippen molar-refractivity contribution in [2.24, 2.45) is 21.1 Å². The zero-order valence-electron chi connectivity index (χ0n) is 11.8. The third-order valence-corrected chi connectivity index (χ3v) is 3.16. The molecule has 2 N–H and O–H groups in total. The molecule has 0 bridgehead atoms. The predicted molar refractivity (Wildman–Crippen MR) is 82.9 cm³/mol. The summed E-state index contributed by atoms with van der Waals surface area (Å²) < 4.78 is 0. The van der Waals surface area contributed by atoms with Crippen molar-refractivity contribution >= 4 is 40.3 Å². The molecule has 9 nitrogen and oxygen atoms in total. The standard InChI is InChI=1S/C12H12N6O3S/c1-6-3-4-8(5-9(6)18(20)21)14-15-10-7(2)16-17(11(10)19)12(13)22/h3-5,10H,1-2H3,(H2,13,22)/t10-/m0/s1. The van der Waals surface area contributed by atoms with Crippen LogP contribution in [0.25, 0.3) is 0 Å². The number of hydrazone groups is 1. The summed E-state index contributed by atoms with van der Waals surface area (Å²) >= 11 is 4.70. The van der Waals surface area contributed by atoms with Crippen LogP contribution in [0.3, 0.4) is 0 Å². The second-order valence-electron chi connectivity index (χ2n) is 4.58. The molecule has 0 saturated heterocycles. The van der Waals surface area contributed by atoms with E-state index in [1.165, 1.54) is 6.07 Å². The first kappa shape index (κ1) is 15.6. The first-order valence-electron chi connectivity index (χ1n) is 6.15. The van der Waals surface area contributed by atoms with E-state index >= 15 is 0 Å². The summed E-state index contributed by atoms with van der Waals surface area (Å²) in [6, 6.07) is 3.49. The highest BCUT2D eigenvalue weighted by Gasteiger charge is 2.35. The largest absolute Gasteiger partial charge is 0.374 e. The van der Waals surface area contributed by atoms with E-state index in [4.69, 9.17) is 18.0 Å². The number of benzene rings is 1. The molecule has 114 valence electrons. The highest BCUT2D eigenvalue weighted by molar-refractivity contribution is 7.80. The number of aryl methyl sites for hydroxylation is 1. The highest BCUT2D eigenvalue weighted by Crippen LogP contribution is 2.25. The number of azo groups is 1. The van der Waals surface area contributed by atoms with Crippen LogP contribution in [0, 0.1) is 17.0 Å². The van der Waals surface area contributed by atoms with Crippen molar-refractivity contribution in [1.29, 1.82) is 0 Å². The molecule has 1 aliphatic heterocycles. The Bertz CT molecular complexity index is 730. The second-order valence-corrected chi connectivity index (χ2v) is 4.99. The first-order chi connectivity index (χ1) is 10.3. The van der Waals surface area contributed by atoms with Crippen molar-refractivity contribution in [2.75, 3.05) is 0 Å². The minimum absolute atomic E-state index is 0.0654. The van der Waals surface area contributed by atoms with Crippen LogP contribution in [0.5, 0.6) is 0 Å². The van der Waals surface area contributed by atoms with Crippen LogP contribution in [0.2, 0.25) is 0 Å². The molecule has 1 aliphatic rings. The fourth-order valence-electron chi connectivity index (χ4n) is 1.83. The lowest BCUT2D eigenvalue weighted by Gasteiger charge is -2.08. The monoisotopic (exact) mass is 320 g/mol. The summed E-state index contributed by atoms with van der Waals surface area (Å²) in [4.78, 5) is 22.4. The van der Waals surface area contributed by atoms with Crippen molar-refractivity contribution in [1.82, 2.24) is 5.01 Å². The Morgan fingerprint density at radius 3 is 2.73 bits per heavy atom. The van der Waals surface area contributed by atoms with Gasteiger partial charge in [-0.3, -0.25) is 14.9 Å². The molecule has 1 amide bonds. The Hall–Kier alpha value is -2.75. The number of hydrogen-bond acceptors (Lipinski definition) is 7. The lowest BCUT2D eigenvalue weighted by molar-refractivity contribution is -0.385. The molecule has 0 aliphatic carbocycles. The maximum Gasteiger partial charge on any atom is 0.282 e. The summed E-state index contributed by atoms with van der Waals surface area (Å²) in [6.45, 7) is 3.22. The zero-order chi connectivity index (χ0) is 16.4. The van der Waals surface area contributed by atoms with Gasteiger partial charge in [-0.05, 0) is 32.1 Å². The number of nitrogens with zero attached hydrogens (tertiary/aromatic N) is 5. The van der Waals surface area contributed by atoms with E-state index in [2.05, 4.69) is 15.3 Å². The van der Waals surface area contributed by atoms with Crippen LogP contribution in [0.15, 0.2) is 33.5 Å². The van der Waals surface area contributed by atoms with E-state index in [1.807, 2.05) is 0 Å². The van der Waals surface area contributed by atoms with E-state index in [-0.39, 0.29) is 16.5 Å². The van der Waals surface area contributed by atoms with Gasteiger partial charge in [-0.25, -0.2) is 0 Å². The van der Waals surface area contributed by atoms with Gasteiger partial charge in [0.2, 0.25) is 0 Å². The molecule has 0 aromatic heterocycles. The van der Waals surface area contributed by atoms with E-state index in [0.29, 0.717) is 11.3 Å². The summed E-state index contributed by atoms with van der Waals surface area (Å²) in [7, 11) is 0. The molecule has 1 aromatic carbocycles. The van der Waals surface area contributed by atoms with Crippen molar-refractivity contribution in [2.45, 2.75) is 19.9 Å². The van der Waals surface area contributed by atoms with Gasteiger partial charge in [-0.2, -0.15) is 20.3 Å². The van der Waals surface area contributed by atoms with E-state index in [0.717, 1.165) is 5.01 Å². The van der Waals surface area contributed by atoms with Gasteiger partial charge < -0.3 is 5.73 Å². The Balaban J connectivity index is 2.25. The van der Waals surface area contributed by atoms with Crippen LogP contribution in [0.1, 0.15) is 12.5 Å². The number of hydrogen-bond donors (Lipinski definition) is 1. The van der Waals surface area contributed by atoms with Crippen LogP contribution >= 0.6 is 12.2 Å². The number of carbonyl (C=O) groups is 1. The Morgan fingerprint density at radius 1 is 1.50 bits per heavy atom. The number of amides is 1. The van der Waals surface area contributed by atoms with Crippen molar-refractivity contribution in [3.63, 3.8) is 0 Å². The summed E-state index contributed by atoms with van der Waals surface area (Å²) in [5.74, 6) is -0.504. The number of thiocarbonyl (C=S) groups is 1. The van der Waals surface area contributed by atoms with Gasteiger partial charge in [0.05, 0.1) is 16.3 Å². The molecule has 1 aromatic rings. The smallest absolute Gasteiger partial charge is 0.282 e. The molecule has 1 heterocycles. The molecular formula is C12H12N6O3S. The maximum absolute atomic E-state index is 12.0. The topological polar surface area (TPSA) is 127 Å². The third kappa shape index (κ3) is 2.96. The van der Waals surface area contributed by atoms with Gasteiger partial charge in [-0.1, -0.05) is 6.07 Å². The van der Waals surface area contributed by atoms with Gasteiger partial charge in [0.15, 0.2) is 11.2 Å². The molecule has 0 saturated carbocycles. The average Bonchev–Trinajstić information content (AvgIpc) is 2.73. The van der Waals surface area contributed by atoms with Crippen LogP contribution < -0.4 is 5.73 Å². The second kappa shape index (κ2) is 5.93. The zero-order valence-corrected chi connectivity index (χ0v) is 12.6.